The van der Waals surface area contributed by atoms with Gasteiger partial charge < -0.3 is 9.53 Å². The number of benzene rings is 1. The molecule has 11 heavy (non-hydrogen) atoms. The van der Waals surface area contributed by atoms with E-state index < -0.39 is 0 Å². The SMILES string of the molecule is COc1ccc([CH]C=O)cc1. The zero-order valence-corrected chi connectivity index (χ0v) is 6.28. The molecular formula is C9H9O2. The minimum Gasteiger partial charge on any atom is -0.497 e. The molecule has 2 heteroatoms. The molecule has 2 nitrogen and oxygen atoms in total. The van der Waals surface area contributed by atoms with Crippen LogP contribution in [0.2, 0.25) is 0 Å². The molecule has 0 spiro atoms. The molecule has 0 heterocycles. The Balaban J connectivity index is 2.74. The van der Waals surface area contributed by atoms with E-state index in [-0.39, 0.29) is 0 Å². The summed E-state index contributed by atoms with van der Waals surface area (Å²) in [6, 6.07) is 7.28. The van der Waals surface area contributed by atoms with Crippen LogP contribution >= 0.6 is 0 Å². The van der Waals surface area contributed by atoms with Gasteiger partial charge in [0.25, 0.3) is 0 Å². The zero-order valence-electron chi connectivity index (χ0n) is 6.28. The van der Waals surface area contributed by atoms with Gasteiger partial charge in [-0.05, 0) is 17.7 Å². The van der Waals surface area contributed by atoms with E-state index in [0.717, 1.165) is 17.6 Å². The highest BCUT2D eigenvalue weighted by Gasteiger charge is 1.91. The topological polar surface area (TPSA) is 26.3 Å². The molecule has 0 aromatic heterocycles. The Bertz CT molecular complexity index is 226. The van der Waals surface area contributed by atoms with Gasteiger partial charge in [0, 0.05) is 0 Å². The van der Waals surface area contributed by atoms with Gasteiger partial charge in [-0.25, -0.2) is 0 Å². The van der Waals surface area contributed by atoms with Crippen molar-refractivity contribution in [3.05, 3.63) is 36.2 Å². The van der Waals surface area contributed by atoms with Crippen molar-refractivity contribution in [3.63, 3.8) is 0 Å². The summed E-state index contributed by atoms with van der Waals surface area (Å²) in [5.74, 6) is 0.799. The van der Waals surface area contributed by atoms with Crippen LogP contribution in [-0.2, 0) is 4.79 Å². The number of carbonyl (C=O) groups is 1. The second-order valence-electron chi connectivity index (χ2n) is 2.08. The van der Waals surface area contributed by atoms with Gasteiger partial charge in [-0.15, -0.1) is 0 Å². The summed E-state index contributed by atoms with van der Waals surface area (Å²) in [4.78, 5) is 10.0. The monoisotopic (exact) mass is 149 g/mol. The van der Waals surface area contributed by atoms with Gasteiger partial charge in [0.2, 0.25) is 0 Å². The lowest BCUT2D eigenvalue weighted by Gasteiger charge is -1.98. The molecule has 0 saturated heterocycles. The number of aldehydes is 1. The first-order valence-corrected chi connectivity index (χ1v) is 3.29. The fourth-order valence-corrected chi connectivity index (χ4v) is 0.794. The van der Waals surface area contributed by atoms with E-state index in [4.69, 9.17) is 4.74 Å². The van der Waals surface area contributed by atoms with Crippen LogP contribution in [0.25, 0.3) is 0 Å². The number of hydrogen-bond acceptors (Lipinski definition) is 2. The first kappa shape index (κ1) is 7.79. The summed E-state index contributed by atoms with van der Waals surface area (Å²) in [5.41, 5.74) is 0.890. The highest BCUT2D eigenvalue weighted by atomic mass is 16.5. The summed E-state index contributed by atoms with van der Waals surface area (Å²) < 4.78 is 4.95. The second kappa shape index (κ2) is 3.76. The van der Waals surface area contributed by atoms with Crippen LogP contribution in [0.4, 0.5) is 0 Å². The lowest BCUT2D eigenvalue weighted by atomic mass is 10.2. The molecule has 57 valence electrons. The molecule has 1 aromatic rings. The van der Waals surface area contributed by atoms with Crippen molar-refractivity contribution < 1.29 is 9.53 Å². The van der Waals surface area contributed by atoms with E-state index in [9.17, 15) is 4.79 Å². The predicted molar refractivity (Wildman–Crippen MR) is 42.5 cm³/mol. The van der Waals surface area contributed by atoms with Crippen LogP contribution in [0.5, 0.6) is 5.75 Å². The summed E-state index contributed by atoms with van der Waals surface area (Å²) in [6.07, 6.45) is 2.27. The molecule has 0 bridgehead atoms. The number of hydrogen-bond donors (Lipinski definition) is 0. The molecule has 0 N–H and O–H groups in total. The van der Waals surface area contributed by atoms with Gasteiger partial charge in [0.05, 0.1) is 13.5 Å². The standard InChI is InChI=1S/C9H9O2/c1-11-9-4-2-8(3-5-9)6-7-10/h2-7H,1H3. The van der Waals surface area contributed by atoms with Crippen molar-refractivity contribution in [2.24, 2.45) is 0 Å². The number of carbonyl (C=O) groups excluding carboxylic acids is 1. The molecule has 0 atom stereocenters. The molecular weight excluding hydrogens is 140 g/mol. The molecule has 0 saturated carbocycles. The first-order chi connectivity index (χ1) is 5.36. The van der Waals surface area contributed by atoms with Crippen LogP contribution in [0.3, 0.4) is 0 Å². The lowest BCUT2D eigenvalue weighted by molar-refractivity contribution is -0.104. The highest BCUT2D eigenvalue weighted by Crippen LogP contribution is 2.11. The van der Waals surface area contributed by atoms with Crippen molar-refractivity contribution in [1.82, 2.24) is 0 Å². The predicted octanol–water partition coefficient (Wildman–Crippen LogP) is 1.45. The van der Waals surface area contributed by atoms with Crippen molar-refractivity contribution in [1.29, 1.82) is 0 Å². The Morgan fingerprint density at radius 1 is 1.27 bits per heavy atom. The molecule has 0 aliphatic rings. The number of methoxy groups -OCH3 is 1. The van der Waals surface area contributed by atoms with Crippen LogP contribution in [0, 0.1) is 6.42 Å². The molecule has 1 radical (unpaired) electrons. The van der Waals surface area contributed by atoms with Gasteiger partial charge in [-0.3, -0.25) is 0 Å². The second-order valence-corrected chi connectivity index (χ2v) is 2.08. The maximum Gasteiger partial charge on any atom is 0.128 e. The largest absolute Gasteiger partial charge is 0.497 e. The third-order valence-electron chi connectivity index (χ3n) is 1.38. The molecule has 0 fully saturated rings. The minimum absolute atomic E-state index is 0.766. The van der Waals surface area contributed by atoms with Gasteiger partial charge >= 0.3 is 0 Å². The molecule has 1 aromatic carbocycles. The number of ether oxygens (including phenoxy) is 1. The van der Waals surface area contributed by atoms with E-state index in [1.807, 2.05) is 24.3 Å². The normalized spacial score (nSPS) is 9.18. The van der Waals surface area contributed by atoms with E-state index in [2.05, 4.69) is 0 Å². The van der Waals surface area contributed by atoms with Crippen molar-refractivity contribution >= 4 is 6.29 Å². The fraction of sp³-hybridized carbons (Fsp3) is 0.111. The van der Waals surface area contributed by atoms with Gasteiger partial charge in [0.15, 0.2) is 0 Å². The highest BCUT2D eigenvalue weighted by molar-refractivity contribution is 5.67. The summed E-state index contributed by atoms with van der Waals surface area (Å²) in [6.45, 7) is 0. The first-order valence-electron chi connectivity index (χ1n) is 3.29. The van der Waals surface area contributed by atoms with E-state index in [1.165, 1.54) is 6.42 Å². The van der Waals surface area contributed by atoms with Crippen LogP contribution in [0.1, 0.15) is 5.56 Å². The van der Waals surface area contributed by atoms with E-state index in [0.29, 0.717) is 0 Å². The maximum absolute atomic E-state index is 10.0. The van der Waals surface area contributed by atoms with E-state index in [1.54, 1.807) is 7.11 Å². The molecule has 0 aliphatic carbocycles. The fourth-order valence-electron chi connectivity index (χ4n) is 0.794. The maximum atomic E-state index is 10.0. The third kappa shape index (κ3) is 2.08. The molecule has 0 amide bonds. The molecule has 0 unspecified atom stereocenters. The van der Waals surface area contributed by atoms with Crippen LogP contribution in [0.15, 0.2) is 24.3 Å². The Hall–Kier alpha value is -1.31. The minimum atomic E-state index is 0.766. The van der Waals surface area contributed by atoms with Crippen molar-refractivity contribution in [2.75, 3.05) is 7.11 Å². The third-order valence-corrected chi connectivity index (χ3v) is 1.38. The van der Waals surface area contributed by atoms with Gasteiger partial charge in [-0.1, -0.05) is 12.1 Å². The lowest BCUT2D eigenvalue weighted by Crippen LogP contribution is -1.84. The number of rotatable bonds is 3. The average molecular weight is 149 g/mol. The average Bonchev–Trinajstić information content (AvgIpc) is 2.07. The smallest absolute Gasteiger partial charge is 0.128 e. The van der Waals surface area contributed by atoms with Gasteiger partial charge in [-0.2, -0.15) is 0 Å². The Morgan fingerprint density at radius 3 is 2.36 bits per heavy atom. The van der Waals surface area contributed by atoms with E-state index >= 15 is 0 Å². The van der Waals surface area contributed by atoms with Gasteiger partial charge in [0.1, 0.15) is 12.0 Å². The summed E-state index contributed by atoms with van der Waals surface area (Å²) in [7, 11) is 1.61. The quantitative estimate of drug-likeness (QED) is 0.608. The van der Waals surface area contributed by atoms with Crippen molar-refractivity contribution in [3.8, 4) is 5.75 Å². The zero-order chi connectivity index (χ0) is 8.10. The Morgan fingerprint density at radius 2 is 1.91 bits per heavy atom. The summed E-state index contributed by atoms with van der Waals surface area (Å²) in [5, 5.41) is 0. The van der Waals surface area contributed by atoms with Crippen LogP contribution < -0.4 is 4.74 Å². The Labute approximate surface area is 65.8 Å². The summed E-state index contributed by atoms with van der Waals surface area (Å²) >= 11 is 0. The Kier molecular flexibility index (Phi) is 2.66. The van der Waals surface area contributed by atoms with Crippen LogP contribution in [-0.4, -0.2) is 13.4 Å². The van der Waals surface area contributed by atoms with Crippen molar-refractivity contribution in [2.45, 2.75) is 0 Å². The molecule has 0 aliphatic heterocycles. The molecule has 1 rings (SSSR count).